The SMILES string of the molecule is Cc1ccccc1-c1noc(C(C)NC(=O)c2ccnc(C(C)C)n2)n1. The van der Waals surface area contributed by atoms with Crippen LogP contribution in [-0.4, -0.2) is 26.0 Å². The number of nitrogens with zero attached hydrogens (tertiary/aromatic N) is 4. The topological polar surface area (TPSA) is 93.8 Å². The molecule has 3 aromatic rings. The summed E-state index contributed by atoms with van der Waals surface area (Å²) in [5.41, 5.74) is 2.27. The van der Waals surface area contributed by atoms with E-state index in [0.29, 0.717) is 23.2 Å². The van der Waals surface area contributed by atoms with Gasteiger partial charge in [-0.05, 0) is 25.5 Å². The molecule has 1 N–H and O–H groups in total. The minimum atomic E-state index is -0.440. The zero-order valence-electron chi connectivity index (χ0n) is 15.2. The van der Waals surface area contributed by atoms with Crippen molar-refractivity contribution in [2.75, 3.05) is 0 Å². The summed E-state index contributed by atoms with van der Waals surface area (Å²) >= 11 is 0. The van der Waals surface area contributed by atoms with Crippen molar-refractivity contribution in [1.29, 1.82) is 0 Å². The molecule has 7 nitrogen and oxygen atoms in total. The van der Waals surface area contributed by atoms with E-state index >= 15 is 0 Å². The van der Waals surface area contributed by atoms with Gasteiger partial charge in [0.2, 0.25) is 11.7 Å². The Bertz CT molecular complexity index is 920. The molecule has 0 spiro atoms. The Hall–Kier alpha value is -3.09. The van der Waals surface area contributed by atoms with E-state index in [0.717, 1.165) is 11.1 Å². The molecule has 7 heteroatoms. The molecule has 0 bridgehead atoms. The van der Waals surface area contributed by atoms with Crippen molar-refractivity contribution in [1.82, 2.24) is 25.4 Å². The van der Waals surface area contributed by atoms with Gasteiger partial charge in [0.25, 0.3) is 5.91 Å². The lowest BCUT2D eigenvalue weighted by Crippen LogP contribution is -2.28. The highest BCUT2D eigenvalue weighted by atomic mass is 16.5. The van der Waals surface area contributed by atoms with Crippen LogP contribution in [0.25, 0.3) is 11.4 Å². The Kier molecular flexibility index (Phi) is 5.06. The Balaban J connectivity index is 1.74. The van der Waals surface area contributed by atoms with Crippen molar-refractivity contribution < 1.29 is 9.32 Å². The average molecular weight is 351 g/mol. The Morgan fingerprint density at radius 2 is 1.88 bits per heavy atom. The molecule has 0 saturated carbocycles. The van der Waals surface area contributed by atoms with Crippen molar-refractivity contribution in [3.63, 3.8) is 0 Å². The number of benzene rings is 1. The number of amides is 1. The quantitative estimate of drug-likeness (QED) is 0.756. The lowest BCUT2D eigenvalue weighted by molar-refractivity contribution is 0.0927. The standard InChI is InChI=1S/C19H21N5O2/c1-11(2)16-20-10-9-15(22-16)18(25)21-13(4)19-23-17(24-26-19)14-8-6-5-7-12(14)3/h5-11,13H,1-4H3,(H,21,25). The van der Waals surface area contributed by atoms with Crippen molar-refractivity contribution in [2.45, 2.75) is 39.7 Å². The molecule has 0 radical (unpaired) electrons. The molecule has 0 fully saturated rings. The van der Waals surface area contributed by atoms with Gasteiger partial charge < -0.3 is 9.84 Å². The molecule has 1 amide bonds. The monoisotopic (exact) mass is 351 g/mol. The molecule has 0 saturated heterocycles. The number of carbonyl (C=O) groups is 1. The minimum absolute atomic E-state index is 0.146. The van der Waals surface area contributed by atoms with Gasteiger partial charge in [-0.3, -0.25) is 4.79 Å². The van der Waals surface area contributed by atoms with Crippen molar-refractivity contribution in [3.8, 4) is 11.4 Å². The molecule has 1 unspecified atom stereocenters. The zero-order valence-corrected chi connectivity index (χ0v) is 15.2. The van der Waals surface area contributed by atoms with Gasteiger partial charge in [0, 0.05) is 17.7 Å². The highest BCUT2D eigenvalue weighted by Crippen LogP contribution is 2.22. The summed E-state index contributed by atoms with van der Waals surface area (Å²) in [5, 5.41) is 6.86. The van der Waals surface area contributed by atoms with E-state index in [1.165, 1.54) is 0 Å². The molecular formula is C19H21N5O2. The second kappa shape index (κ2) is 7.43. The summed E-state index contributed by atoms with van der Waals surface area (Å²) in [6.45, 7) is 7.73. The predicted molar refractivity (Wildman–Crippen MR) is 96.5 cm³/mol. The summed E-state index contributed by atoms with van der Waals surface area (Å²) in [4.78, 5) is 25.3. The molecule has 0 aliphatic rings. The van der Waals surface area contributed by atoms with Gasteiger partial charge in [-0.1, -0.05) is 43.3 Å². The molecule has 2 aromatic heterocycles. The first kappa shape index (κ1) is 17.7. The van der Waals surface area contributed by atoms with Gasteiger partial charge in [0.05, 0.1) is 0 Å². The predicted octanol–water partition coefficient (Wildman–Crippen LogP) is 3.45. The number of hydrogen-bond donors (Lipinski definition) is 1. The molecule has 26 heavy (non-hydrogen) atoms. The van der Waals surface area contributed by atoms with Gasteiger partial charge in [-0.15, -0.1) is 0 Å². The lowest BCUT2D eigenvalue weighted by Gasteiger charge is -2.10. The van der Waals surface area contributed by atoms with E-state index < -0.39 is 6.04 Å². The van der Waals surface area contributed by atoms with E-state index in [9.17, 15) is 4.79 Å². The Morgan fingerprint density at radius 3 is 2.62 bits per heavy atom. The van der Waals surface area contributed by atoms with Gasteiger partial charge in [0.15, 0.2) is 0 Å². The van der Waals surface area contributed by atoms with Crippen LogP contribution in [0.1, 0.15) is 60.5 Å². The van der Waals surface area contributed by atoms with Crippen LogP contribution < -0.4 is 5.32 Å². The molecule has 134 valence electrons. The Morgan fingerprint density at radius 1 is 1.12 bits per heavy atom. The van der Waals surface area contributed by atoms with Crippen LogP contribution in [0.5, 0.6) is 0 Å². The van der Waals surface area contributed by atoms with Crippen LogP contribution in [0.3, 0.4) is 0 Å². The fourth-order valence-corrected chi connectivity index (χ4v) is 2.46. The van der Waals surface area contributed by atoms with Crippen LogP contribution in [0, 0.1) is 6.92 Å². The van der Waals surface area contributed by atoms with E-state index in [1.807, 2.05) is 45.0 Å². The summed E-state index contributed by atoms with van der Waals surface area (Å²) in [5.74, 6) is 1.31. The van der Waals surface area contributed by atoms with E-state index in [-0.39, 0.29) is 11.8 Å². The number of aryl methyl sites for hydroxylation is 1. The molecule has 0 aliphatic carbocycles. The molecular weight excluding hydrogens is 330 g/mol. The lowest BCUT2D eigenvalue weighted by atomic mass is 10.1. The molecule has 0 aliphatic heterocycles. The average Bonchev–Trinajstić information content (AvgIpc) is 3.12. The largest absolute Gasteiger partial charge is 0.339 e. The number of nitrogens with one attached hydrogen (secondary N) is 1. The maximum absolute atomic E-state index is 12.4. The van der Waals surface area contributed by atoms with Gasteiger partial charge in [0.1, 0.15) is 17.6 Å². The fourth-order valence-electron chi connectivity index (χ4n) is 2.46. The highest BCUT2D eigenvalue weighted by Gasteiger charge is 2.20. The van der Waals surface area contributed by atoms with Crippen LogP contribution in [-0.2, 0) is 0 Å². The fraction of sp³-hybridized carbons (Fsp3) is 0.316. The summed E-state index contributed by atoms with van der Waals surface area (Å²) in [6.07, 6.45) is 1.59. The third kappa shape index (κ3) is 3.77. The van der Waals surface area contributed by atoms with Crippen LogP contribution in [0.2, 0.25) is 0 Å². The zero-order chi connectivity index (χ0) is 18.7. The highest BCUT2D eigenvalue weighted by molar-refractivity contribution is 5.92. The summed E-state index contributed by atoms with van der Waals surface area (Å²) in [7, 11) is 0. The maximum Gasteiger partial charge on any atom is 0.270 e. The van der Waals surface area contributed by atoms with Crippen LogP contribution in [0.15, 0.2) is 41.1 Å². The molecule has 1 atom stereocenters. The number of rotatable bonds is 5. The number of carbonyl (C=O) groups excluding carboxylic acids is 1. The van der Waals surface area contributed by atoms with E-state index in [1.54, 1.807) is 19.2 Å². The molecule has 1 aromatic carbocycles. The van der Waals surface area contributed by atoms with Crippen molar-refractivity contribution in [3.05, 3.63) is 59.5 Å². The summed E-state index contributed by atoms with van der Waals surface area (Å²) in [6, 6.07) is 8.94. The summed E-state index contributed by atoms with van der Waals surface area (Å²) < 4.78 is 5.33. The van der Waals surface area contributed by atoms with Crippen molar-refractivity contribution >= 4 is 5.91 Å². The third-order valence-electron chi connectivity index (χ3n) is 3.97. The normalized spacial score (nSPS) is 12.2. The second-order valence-corrected chi connectivity index (χ2v) is 6.42. The molecule has 3 rings (SSSR count). The first-order chi connectivity index (χ1) is 12.5. The van der Waals surface area contributed by atoms with Crippen molar-refractivity contribution in [2.24, 2.45) is 0 Å². The van der Waals surface area contributed by atoms with E-state index in [4.69, 9.17) is 4.52 Å². The van der Waals surface area contributed by atoms with E-state index in [2.05, 4.69) is 25.4 Å². The Labute approximate surface area is 151 Å². The first-order valence-corrected chi connectivity index (χ1v) is 8.49. The smallest absolute Gasteiger partial charge is 0.270 e. The van der Waals surface area contributed by atoms with Crippen LogP contribution >= 0.6 is 0 Å². The number of aromatic nitrogens is 4. The number of hydrogen-bond acceptors (Lipinski definition) is 6. The van der Waals surface area contributed by atoms with Gasteiger partial charge >= 0.3 is 0 Å². The van der Waals surface area contributed by atoms with Gasteiger partial charge in [-0.25, -0.2) is 9.97 Å². The van der Waals surface area contributed by atoms with Crippen LogP contribution in [0.4, 0.5) is 0 Å². The van der Waals surface area contributed by atoms with Gasteiger partial charge in [-0.2, -0.15) is 4.98 Å². The second-order valence-electron chi connectivity index (χ2n) is 6.42. The maximum atomic E-state index is 12.4. The third-order valence-corrected chi connectivity index (χ3v) is 3.97. The first-order valence-electron chi connectivity index (χ1n) is 8.49. The minimum Gasteiger partial charge on any atom is -0.339 e. The molecule has 2 heterocycles.